The molecule has 1 aliphatic heterocycles. The topological polar surface area (TPSA) is 80.6 Å². The molecule has 2 rings (SSSR count). The van der Waals surface area contributed by atoms with Crippen LogP contribution in [-0.4, -0.2) is 75.1 Å². The predicted molar refractivity (Wildman–Crippen MR) is 76.9 cm³/mol. The zero-order valence-electron chi connectivity index (χ0n) is 12.2. The molecular formula is C12H19N5O3S. The van der Waals surface area contributed by atoms with E-state index in [1.165, 1.54) is 11.8 Å². The third-order valence-electron chi connectivity index (χ3n) is 3.15. The highest BCUT2D eigenvalue weighted by Crippen LogP contribution is 2.15. The quantitative estimate of drug-likeness (QED) is 0.739. The average molecular weight is 313 g/mol. The fraction of sp³-hybridized carbons (Fsp3) is 0.667. The van der Waals surface area contributed by atoms with Gasteiger partial charge in [-0.3, -0.25) is 4.79 Å². The van der Waals surface area contributed by atoms with E-state index in [0.717, 1.165) is 0 Å². The average Bonchev–Trinajstić information content (AvgIpc) is 2.90. The number of rotatable bonds is 4. The molecule has 0 aliphatic carbocycles. The largest absolute Gasteiger partial charge is 0.450 e. The van der Waals surface area contributed by atoms with Gasteiger partial charge in [0, 0.05) is 33.2 Å². The first-order valence-corrected chi connectivity index (χ1v) is 7.76. The van der Waals surface area contributed by atoms with Crippen molar-refractivity contribution in [2.45, 2.75) is 12.1 Å². The Kier molecular flexibility index (Phi) is 5.43. The van der Waals surface area contributed by atoms with Gasteiger partial charge in [0.1, 0.15) is 6.33 Å². The van der Waals surface area contributed by atoms with Crippen LogP contribution in [0.1, 0.15) is 6.92 Å². The summed E-state index contributed by atoms with van der Waals surface area (Å²) in [5.74, 6) is 0.373. The fourth-order valence-corrected chi connectivity index (χ4v) is 2.76. The molecule has 2 amide bonds. The van der Waals surface area contributed by atoms with Crippen molar-refractivity contribution in [2.75, 3.05) is 38.5 Å². The minimum Gasteiger partial charge on any atom is -0.450 e. The standard InChI is InChI=1S/C12H19N5O3S/c1-3-20-12(19)17-6-4-16(5-7-17)10(18)8-21-11-14-13-9-15(11)2/h9H,3-8H2,1-2H3. The van der Waals surface area contributed by atoms with Gasteiger partial charge in [-0.25, -0.2) is 4.79 Å². The molecule has 0 bridgehead atoms. The van der Waals surface area contributed by atoms with Crippen molar-refractivity contribution in [1.29, 1.82) is 0 Å². The summed E-state index contributed by atoms with van der Waals surface area (Å²) in [6.07, 6.45) is 1.29. The zero-order chi connectivity index (χ0) is 15.2. The molecule has 1 aliphatic rings. The summed E-state index contributed by atoms with van der Waals surface area (Å²) in [5.41, 5.74) is 0. The lowest BCUT2D eigenvalue weighted by molar-refractivity contribution is -0.129. The van der Waals surface area contributed by atoms with Gasteiger partial charge in [0.05, 0.1) is 12.4 Å². The van der Waals surface area contributed by atoms with E-state index in [2.05, 4.69) is 10.2 Å². The molecule has 116 valence electrons. The van der Waals surface area contributed by atoms with Crippen LogP contribution in [0, 0.1) is 0 Å². The van der Waals surface area contributed by atoms with Crippen LogP contribution in [0.5, 0.6) is 0 Å². The molecule has 0 N–H and O–H groups in total. The maximum atomic E-state index is 12.1. The Morgan fingerprint density at radius 2 is 1.95 bits per heavy atom. The van der Waals surface area contributed by atoms with Crippen molar-refractivity contribution in [2.24, 2.45) is 7.05 Å². The van der Waals surface area contributed by atoms with Gasteiger partial charge in [-0.1, -0.05) is 11.8 Å². The summed E-state index contributed by atoms with van der Waals surface area (Å²) < 4.78 is 6.72. The first kappa shape index (κ1) is 15.6. The van der Waals surface area contributed by atoms with E-state index < -0.39 is 0 Å². The molecule has 8 nitrogen and oxygen atoms in total. The molecule has 0 unspecified atom stereocenters. The Morgan fingerprint density at radius 3 is 2.52 bits per heavy atom. The van der Waals surface area contributed by atoms with Gasteiger partial charge in [-0.05, 0) is 6.92 Å². The van der Waals surface area contributed by atoms with Crippen LogP contribution < -0.4 is 0 Å². The van der Waals surface area contributed by atoms with Crippen LogP contribution in [0.15, 0.2) is 11.5 Å². The number of hydrogen-bond donors (Lipinski definition) is 0. The number of carbonyl (C=O) groups excluding carboxylic acids is 2. The molecule has 0 aromatic carbocycles. The molecule has 0 spiro atoms. The molecular weight excluding hydrogens is 294 g/mol. The Balaban J connectivity index is 1.75. The van der Waals surface area contributed by atoms with Crippen molar-refractivity contribution in [3.63, 3.8) is 0 Å². The Bertz CT molecular complexity index is 499. The minimum atomic E-state index is -0.307. The fourth-order valence-electron chi connectivity index (χ4n) is 1.97. The van der Waals surface area contributed by atoms with E-state index in [-0.39, 0.29) is 12.0 Å². The molecule has 1 aromatic heterocycles. The lowest BCUT2D eigenvalue weighted by atomic mass is 10.3. The molecule has 1 saturated heterocycles. The Morgan fingerprint density at radius 1 is 1.29 bits per heavy atom. The van der Waals surface area contributed by atoms with Crippen LogP contribution in [0.4, 0.5) is 4.79 Å². The summed E-state index contributed by atoms with van der Waals surface area (Å²) in [7, 11) is 1.84. The monoisotopic (exact) mass is 313 g/mol. The molecule has 0 saturated carbocycles. The number of carbonyl (C=O) groups is 2. The molecule has 9 heteroatoms. The molecule has 0 atom stereocenters. The van der Waals surface area contributed by atoms with Gasteiger partial charge in [-0.15, -0.1) is 10.2 Å². The maximum Gasteiger partial charge on any atom is 0.409 e. The number of amides is 2. The first-order valence-electron chi connectivity index (χ1n) is 6.78. The Labute approximate surface area is 127 Å². The smallest absolute Gasteiger partial charge is 0.409 e. The van der Waals surface area contributed by atoms with Crippen LogP contribution in [0.2, 0.25) is 0 Å². The number of hydrogen-bond acceptors (Lipinski definition) is 6. The zero-order valence-corrected chi connectivity index (χ0v) is 13.0. The molecule has 2 heterocycles. The number of piperazine rings is 1. The number of thioether (sulfide) groups is 1. The highest BCUT2D eigenvalue weighted by molar-refractivity contribution is 7.99. The predicted octanol–water partition coefficient (Wildman–Crippen LogP) is 0.208. The van der Waals surface area contributed by atoms with Gasteiger partial charge in [0.25, 0.3) is 0 Å². The van der Waals surface area contributed by atoms with E-state index in [1.807, 2.05) is 7.05 Å². The highest BCUT2D eigenvalue weighted by Gasteiger charge is 2.24. The molecule has 0 radical (unpaired) electrons. The van der Waals surface area contributed by atoms with Gasteiger partial charge >= 0.3 is 6.09 Å². The van der Waals surface area contributed by atoms with Crippen LogP contribution >= 0.6 is 11.8 Å². The second-order valence-corrected chi connectivity index (χ2v) is 5.52. The molecule has 21 heavy (non-hydrogen) atoms. The van der Waals surface area contributed by atoms with Crippen molar-refractivity contribution in [3.8, 4) is 0 Å². The molecule has 1 aromatic rings. The summed E-state index contributed by atoms with van der Waals surface area (Å²) in [6.45, 7) is 4.25. The van der Waals surface area contributed by atoms with Crippen molar-refractivity contribution in [3.05, 3.63) is 6.33 Å². The van der Waals surface area contributed by atoms with Crippen LogP contribution in [0.3, 0.4) is 0 Å². The van der Waals surface area contributed by atoms with Gasteiger partial charge in [-0.2, -0.15) is 0 Å². The Hall–Kier alpha value is -1.77. The second kappa shape index (κ2) is 7.30. The SMILES string of the molecule is CCOC(=O)N1CCN(C(=O)CSc2nncn2C)CC1. The number of aromatic nitrogens is 3. The number of ether oxygens (including phenoxy) is 1. The second-order valence-electron chi connectivity index (χ2n) is 4.58. The number of aryl methyl sites for hydroxylation is 1. The third kappa shape index (κ3) is 4.10. The van der Waals surface area contributed by atoms with E-state index in [0.29, 0.717) is 43.7 Å². The normalized spacial score (nSPS) is 15.1. The van der Waals surface area contributed by atoms with E-state index in [4.69, 9.17) is 4.74 Å². The number of nitrogens with zero attached hydrogens (tertiary/aromatic N) is 5. The summed E-state index contributed by atoms with van der Waals surface area (Å²) >= 11 is 1.36. The lowest BCUT2D eigenvalue weighted by Crippen LogP contribution is -2.51. The van der Waals surface area contributed by atoms with E-state index >= 15 is 0 Å². The van der Waals surface area contributed by atoms with Crippen molar-refractivity contribution in [1.82, 2.24) is 24.6 Å². The summed E-state index contributed by atoms with van der Waals surface area (Å²) in [6, 6.07) is 0. The van der Waals surface area contributed by atoms with Crippen molar-refractivity contribution >= 4 is 23.8 Å². The third-order valence-corrected chi connectivity index (χ3v) is 4.17. The first-order chi connectivity index (χ1) is 10.1. The molecule has 1 fully saturated rings. The van der Waals surface area contributed by atoms with E-state index in [9.17, 15) is 9.59 Å². The minimum absolute atomic E-state index is 0.0477. The van der Waals surface area contributed by atoms with Crippen LogP contribution in [-0.2, 0) is 16.6 Å². The van der Waals surface area contributed by atoms with Gasteiger partial charge in [0.2, 0.25) is 5.91 Å². The van der Waals surface area contributed by atoms with E-state index in [1.54, 1.807) is 27.6 Å². The van der Waals surface area contributed by atoms with Gasteiger partial charge < -0.3 is 19.1 Å². The summed E-state index contributed by atoms with van der Waals surface area (Å²) in [4.78, 5) is 27.1. The van der Waals surface area contributed by atoms with Crippen LogP contribution in [0.25, 0.3) is 0 Å². The highest BCUT2D eigenvalue weighted by atomic mass is 32.2. The maximum absolute atomic E-state index is 12.1. The lowest BCUT2D eigenvalue weighted by Gasteiger charge is -2.34. The summed E-state index contributed by atoms with van der Waals surface area (Å²) in [5, 5.41) is 8.41. The van der Waals surface area contributed by atoms with Gasteiger partial charge in [0.15, 0.2) is 5.16 Å². The van der Waals surface area contributed by atoms with Crippen molar-refractivity contribution < 1.29 is 14.3 Å².